The Hall–Kier alpha value is -2.32. The highest BCUT2D eigenvalue weighted by molar-refractivity contribution is 7.13. The molecule has 1 aromatic carbocycles. The molecule has 22 heavy (non-hydrogen) atoms. The first-order valence-corrected chi connectivity index (χ1v) is 7.69. The molecule has 1 amide bonds. The topological polar surface area (TPSA) is 97.2 Å². The van der Waals surface area contributed by atoms with Crippen LogP contribution in [-0.4, -0.2) is 35.4 Å². The fourth-order valence-electron chi connectivity index (χ4n) is 1.79. The Kier molecular flexibility index (Phi) is 5.56. The summed E-state index contributed by atoms with van der Waals surface area (Å²) in [5.74, 6) is -0.245. The number of nitrogens with zero attached hydrogens (tertiary/aromatic N) is 2. The monoisotopic (exact) mass is 320 g/mol. The van der Waals surface area contributed by atoms with E-state index in [0.29, 0.717) is 29.4 Å². The van der Waals surface area contributed by atoms with Crippen molar-refractivity contribution in [3.63, 3.8) is 0 Å². The molecule has 8 heteroatoms. The van der Waals surface area contributed by atoms with Gasteiger partial charge in [0.2, 0.25) is 0 Å². The highest BCUT2D eigenvalue weighted by Gasteiger charge is 2.13. The first-order chi connectivity index (χ1) is 10.6. The SMILES string of the molecule is CCNCCNC(=O)c1csc(-c2cccc([N+](=O)[O-])c2)n1. The summed E-state index contributed by atoms with van der Waals surface area (Å²) in [6.45, 7) is 4.07. The Morgan fingerprint density at radius 1 is 1.41 bits per heavy atom. The first-order valence-electron chi connectivity index (χ1n) is 6.81. The van der Waals surface area contributed by atoms with Gasteiger partial charge < -0.3 is 10.6 Å². The lowest BCUT2D eigenvalue weighted by molar-refractivity contribution is -0.384. The lowest BCUT2D eigenvalue weighted by atomic mass is 10.2. The van der Waals surface area contributed by atoms with Gasteiger partial charge in [0.25, 0.3) is 11.6 Å². The molecule has 116 valence electrons. The van der Waals surface area contributed by atoms with Gasteiger partial charge in [0.05, 0.1) is 4.92 Å². The fraction of sp³-hybridized carbons (Fsp3) is 0.286. The van der Waals surface area contributed by atoms with Crippen molar-refractivity contribution in [3.8, 4) is 10.6 Å². The molecule has 0 radical (unpaired) electrons. The molecule has 0 unspecified atom stereocenters. The summed E-state index contributed by atoms with van der Waals surface area (Å²) in [5, 5.41) is 18.9. The molecule has 0 spiro atoms. The Balaban J connectivity index is 2.06. The number of nitro benzene ring substituents is 1. The van der Waals surface area contributed by atoms with Gasteiger partial charge in [-0.05, 0) is 6.54 Å². The van der Waals surface area contributed by atoms with Crippen molar-refractivity contribution in [1.29, 1.82) is 0 Å². The van der Waals surface area contributed by atoms with Gasteiger partial charge in [0.15, 0.2) is 0 Å². The largest absolute Gasteiger partial charge is 0.349 e. The molecule has 0 fully saturated rings. The fourth-order valence-corrected chi connectivity index (χ4v) is 2.59. The molecule has 7 nitrogen and oxygen atoms in total. The molecule has 0 atom stereocenters. The number of rotatable bonds is 7. The molecule has 0 saturated carbocycles. The third-order valence-corrected chi connectivity index (χ3v) is 3.77. The number of thiazole rings is 1. The Bertz CT molecular complexity index is 672. The van der Waals surface area contributed by atoms with Crippen molar-refractivity contribution >= 4 is 22.9 Å². The second-order valence-electron chi connectivity index (χ2n) is 4.45. The van der Waals surface area contributed by atoms with Gasteiger partial charge in [-0.3, -0.25) is 14.9 Å². The number of carbonyl (C=O) groups is 1. The quantitative estimate of drug-likeness (QED) is 0.462. The standard InChI is InChI=1S/C14H16N4O3S/c1-2-15-6-7-16-13(19)12-9-22-14(17-12)10-4-3-5-11(8-10)18(20)21/h3-5,8-9,15H,2,6-7H2,1H3,(H,16,19). The van der Waals surface area contributed by atoms with Gasteiger partial charge >= 0.3 is 0 Å². The van der Waals surface area contributed by atoms with Crippen LogP contribution in [0.4, 0.5) is 5.69 Å². The van der Waals surface area contributed by atoms with Crippen molar-refractivity contribution in [2.45, 2.75) is 6.92 Å². The van der Waals surface area contributed by atoms with Crippen molar-refractivity contribution in [1.82, 2.24) is 15.6 Å². The number of non-ortho nitro benzene ring substituents is 1. The summed E-state index contributed by atoms with van der Waals surface area (Å²) in [6.07, 6.45) is 0. The number of aromatic nitrogens is 1. The van der Waals surface area contributed by atoms with Gasteiger partial charge in [-0.25, -0.2) is 4.98 Å². The molecule has 2 rings (SSSR count). The minimum atomic E-state index is -0.453. The Labute approximate surface area is 131 Å². The van der Waals surface area contributed by atoms with E-state index >= 15 is 0 Å². The number of carbonyl (C=O) groups excluding carboxylic acids is 1. The molecular formula is C14H16N4O3S. The normalized spacial score (nSPS) is 10.4. The van der Waals surface area contributed by atoms with E-state index in [4.69, 9.17) is 0 Å². The lowest BCUT2D eigenvalue weighted by Crippen LogP contribution is -2.31. The third kappa shape index (κ3) is 4.09. The Morgan fingerprint density at radius 3 is 2.95 bits per heavy atom. The number of hydrogen-bond acceptors (Lipinski definition) is 6. The van der Waals surface area contributed by atoms with Gasteiger partial charge in [0.1, 0.15) is 10.7 Å². The van der Waals surface area contributed by atoms with E-state index in [0.717, 1.165) is 6.54 Å². The average Bonchev–Trinajstić information content (AvgIpc) is 3.01. The first kappa shape index (κ1) is 16.1. The summed E-state index contributed by atoms with van der Waals surface area (Å²) >= 11 is 1.28. The van der Waals surface area contributed by atoms with E-state index in [1.54, 1.807) is 17.5 Å². The van der Waals surface area contributed by atoms with Crippen molar-refractivity contribution in [3.05, 3.63) is 45.5 Å². The van der Waals surface area contributed by atoms with Gasteiger partial charge in [0, 0.05) is 36.2 Å². The number of amides is 1. The molecule has 0 aliphatic carbocycles. The van der Waals surface area contributed by atoms with Crippen molar-refractivity contribution in [2.24, 2.45) is 0 Å². The van der Waals surface area contributed by atoms with Crippen LogP contribution in [0.15, 0.2) is 29.6 Å². The molecule has 1 aromatic heterocycles. The van der Waals surface area contributed by atoms with E-state index in [1.807, 2.05) is 6.92 Å². The van der Waals surface area contributed by atoms with Crippen LogP contribution in [0.25, 0.3) is 10.6 Å². The number of likely N-dealkylation sites (N-methyl/N-ethyl adjacent to an activating group) is 1. The highest BCUT2D eigenvalue weighted by atomic mass is 32.1. The zero-order valence-corrected chi connectivity index (χ0v) is 12.9. The number of nitrogens with one attached hydrogen (secondary N) is 2. The van der Waals surface area contributed by atoms with Crippen LogP contribution in [0.5, 0.6) is 0 Å². The minimum absolute atomic E-state index is 0.00402. The summed E-state index contributed by atoms with van der Waals surface area (Å²) in [6, 6.07) is 6.21. The number of hydrogen-bond donors (Lipinski definition) is 2. The Morgan fingerprint density at radius 2 is 2.23 bits per heavy atom. The lowest BCUT2D eigenvalue weighted by Gasteiger charge is -2.03. The van der Waals surface area contributed by atoms with E-state index in [1.165, 1.54) is 23.5 Å². The predicted molar refractivity (Wildman–Crippen MR) is 85.1 cm³/mol. The maximum atomic E-state index is 11.9. The van der Waals surface area contributed by atoms with Crippen LogP contribution in [0.3, 0.4) is 0 Å². The predicted octanol–water partition coefficient (Wildman–Crippen LogP) is 2.06. The summed E-state index contributed by atoms with van der Waals surface area (Å²) in [5.41, 5.74) is 0.957. The molecule has 0 bridgehead atoms. The van der Waals surface area contributed by atoms with E-state index < -0.39 is 4.92 Å². The van der Waals surface area contributed by atoms with Crippen LogP contribution >= 0.6 is 11.3 Å². The summed E-state index contributed by atoms with van der Waals surface area (Å²) < 4.78 is 0. The van der Waals surface area contributed by atoms with Gasteiger partial charge in [-0.2, -0.15) is 0 Å². The molecule has 2 aromatic rings. The van der Waals surface area contributed by atoms with E-state index in [2.05, 4.69) is 15.6 Å². The van der Waals surface area contributed by atoms with Crippen LogP contribution < -0.4 is 10.6 Å². The van der Waals surface area contributed by atoms with Crippen LogP contribution in [0.1, 0.15) is 17.4 Å². The molecule has 2 N–H and O–H groups in total. The third-order valence-electron chi connectivity index (χ3n) is 2.88. The number of nitro groups is 1. The van der Waals surface area contributed by atoms with E-state index in [9.17, 15) is 14.9 Å². The maximum absolute atomic E-state index is 11.9. The second kappa shape index (κ2) is 7.62. The minimum Gasteiger partial charge on any atom is -0.349 e. The van der Waals surface area contributed by atoms with Crippen molar-refractivity contribution in [2.75, 3.05) is 19.6 Å². The molecular weight excluding hydrogens is 304 g/mol. The van der Waals surface area contributed by atoms with Crippen molar-refractivity contribution < 1.29 is 9.72 Å². The summed E-state index contributed by atoms with van der Waals surface area (Å²) in [7, 11) is 0. The highest BCUT2D eigenvalue weighted by Crippen LogP contribution is 2.26. The average molecular weight is 320 g/mol. The zero-order valence-electron chi connectivity index (χ0n) is 12.0. The summed E-state index contributed by atoms with van der Waals surface area (Å²) in [4.78, 5) is 26.5. The second-order valence-corrected chi connectivity index (χ2v) is 5.31. The van der Waals surface area contributed by atoms with Crippen LogP contribution in [-0.2, 0) is 0 Å². The molecule has 0 saturated heterocycles. The van der Waals surface area contributed by atoms with Crippen LogP contribution in [0.2, 0.25) is 0 Å². The number of benzene rings is 1. The molecule has 0 aliphatic rings. The maximum Gasteiger partial charge on any atom is 0.270 e. The molecule has 1 heterocycles. The zero-order chi connectivity index (χ0) is 15.9. The van der Waals surface area contributed by atoms with Gasteiger partial charge in [-0.15, -0.1) is 11.3 Å². The smallest absolute Gasteiger partial charge is 0.270 e. The van der Waals surface area contributed by atoms with E-state index in [-0.39, 0.29) is 11.6 Å². The van der Waals surface area contributed by atoms with Gasteiger partial charge in [-0.1, -0.05) is 19.1 Å². The molecule has 0 aliphatic heterocycles. The van der Waals surface area contributed by atoms with Crippen LogP contribution in [0, 0.1) is 10.1 Å².